The van der Waals surface area contributed by atoms with Crippen LogP contribution in [0, 0.1) is 0 Å². The van der Waals surface area contributed by atoms with Gasteiger partial charge in [0.05, 0.1) is 6.61 Å². The Hall–Kier alpha value is -3.15. The molecule has 1 atom stereocenters. The Morgan fingerprint density at radius 2 is 1.86 bits per heavy atom. The lowest BCUT2D eigenvalue weighted by molar-refractivity contribution is -0.149. The molecule has 0 aromatic heterocycles. The van der Waals surface area contributed by atoms with Gasteiger partial charge in [-0.05, 0) is 55.2 Å². The predicted octanol–water partition coefficient (Wildman–Crippen LogP) is 3.04. The predicted molar refractivity (Wildman–Crippen MR) is 106 cm³/mol. The molecule has 0 spiro atoms. The zero-order valence-corrected chi connectivity index (χ0v) is 16.1. The van der Waals surface area contributed by atoms with Crippen molar-refractivity contribution >= 4 is 17.7 Å². The van der Waals surface area contributed by atoms with E-state index in [0.29, 0.717) is 30.7 Å². The number of hydrogen-bond donors (Lipinski definition) is 0. The average Bonchev–Trinajstić information content (AvgIpc) is 3.25. The lowest BCUT2D eigenvalue weighted by Crippen LogP contribution is -2.48. The molecule has 0 N–H and O–H groups in total. The maximum Gasteiger partial charge on any atom is 0.329 e. The van der Waals surface area contributed by atoms with E-state index in [2.05, 4.69) is 0 Å². The summed E-state index contributed by atoms with van der Waals surface area (Å²) in [6.07, 6.45) is 3.01. The van der Waals surface area contributed by atoms with Gasteiger partial charge in [-0.15, -0.1) is 0 Å². The first-order chi connectivity index (χ1) is 14.1. The minimum absolute atomic E-state index is 0.183. The maximum absolute atomic E-state index is 12.8. The van der Waals surface area contributed by atoms with E-state index in [4.69, 9.17) is 9.47 Å². The van der Waals surface area contributed by atoms with Gasteiger partial charge in [-0.25, -0.2) is 4.79 Å². The van der Waals surface area contributed by atoms with Crippen LogP contribution in [0.3, 0.4) is 0 Å². The van der Waals surface area contributed by atoms with Crippen LogP contribution in [-0.2, 0) is 16.0 Å². The third-order valence-electron chi connectivity index (χ3n) is 5.41. The lowest BCUT2D eigenvalue weighted by atomic mass is 10.0. The van der Waals surface area contributed by atoms with Crippen LogP contribution in [0.4, 0.5) is 0 Å². The van der Waals surface area contributed by atoms with Gasteiger partial charge >= 0.3 is 5.97 Å². The van der Waals surface area contributed by atoms with Gasteiger partial charge in [0.25, 0.3) is 5.91 Å². The van der Waals surface area contributed by atoms with Crippen molar-refractivity contribution in [1.29, 1.82) is 0 Å². The fourth-order valence-electron chi connectivity index (χ4n) is 3.84. The minimum Gasteiger partial charge on any atom is -0.493 e. The first-order valence-corrected chi connectivity index (χ1v) is 9.95. The molecule has 150 valence electrons. The van der Waals surface area contributed by atoms with E-state index in [-0.39, 0.29) is 18.3 Å². The highest BCUT2D eigenvalue weighted by atomic mass is 16.5. The number of nitrogens with zero attached hydrogens (tertiary/aromatic N) is 1. The Labute approximate surface area is 169 Å². The monoisotopic (exact) mass is 393 g/mol. The summed E-state index contributed by atoms with van der Waals surface area (Å²) in [6, 6.07) is 13.5. The maximum atomic E-state index is 12.8. The van der Waals surface area contributed by atoms with E-state index < -0.39 is 12.0 Å². The van der Waals surface area contributed by atoms with Crippen molar-refractivity contribution in [2.75, 3.05) is 19.8 Å². The highest BCUT2D eigenvalue weighted by Gasteiger charge is 2.34. The summed E-state index contributed by atoms with van der Waals surface area (Å²) < 4.78 is 10.8. The van der Waals surface area contributed by atoms with Crippen LogP contribution in [0.15, 0.2) is 48.5 Å². The number of esters is 1. The molecule has 2 aliphatic rings. The summed E-state index contributed by atoms with van der Waals surface area (Å²) in [4.78, 5) is 39.5. The first-order valence-electron chi connectivity index (χ1n) is 9.95. The molecule has 1 fully saturated rings. The third kappa shape index (κ3) is 4.16. The van der Waals surface area contributed by atoms with Gasteiger partial charge in [-0.1, -0.05) is 18.2 Å². The number of ketones is 1. The first kappa shape index (κ1) is 19.2. The molecule has 2 aliphatic heterocycles. The van der Waals surface area contributed by atoms with Crippen molar-refractivity contribution in [3.05, 3.63) is 65.2 Å². The van der Waals surface area contributed by atoms with E-state index >= 15 is 0 Å². The zero-order chi connectivity index (χ0) is 20.2. The topological polar surface area (TPSA) is 72.9 Å². The summed E-state index contributed by atoms with van der Waals surface area (Å²) in [5.41, 5.74) is 2.04. The quantitative estimate of drug-likeness (QED) is 0.577. The molecule has 0 radical (unpaired) electrons. The number of amides is 1. The summed E-state index contributed by atoms with van der Waals surface area (Å²) in [5.74, 6) is -0.162. The average molecular weight is 393 g/mol. The molecule has 0 saturated carbocycles. The molecule has 6 nitrogen and oxygen atoms in total. The van der Waals surface area contributed by atoms with Crippen LogP contribution in [0.2, 0.25) is 0 Å². The van der Waals surface area contributed by atoms with Crippen molar-refractivity contribution in [3.63, 3.8) is 0 Å². The molecule has 2 aromatic rings. The van der Waals surface area contributed by atoms with Gasteiger partial charge in [0, 0.05) is 24.1 Å². The molecule has 1 saturated heterocycles. The Morgan fingerprint density at radius 3 is 2.69 bits per heavy atom. The van der Waals surface area contributed by atoms with Crippen molar-refractivity contribution in [1.82, 2.24) is 4.90 Å². The number of ether oxygens (including phenoxy) is 2. The minimum atomic E-state index is -0.655. The number of carbonyl (C=O) groups excluding carboxylic acids is 3. The molecule has 2 heterocycles. The second-order valence-corrected chi connectivity index (χ2v) is 7.33. The summed E-state index contributed by atoms with van der Waals surface area (Å²) in [7, 11) is 0. The summed E-state index contributed by atoms with van der Waals surface area (Å²) in [6.45, 7) is 0.795. The number of rotatable bonds is 5. The van der Waals surface area contributed by atoms with E-state index in [9.17, 15) is 14.4 Å². The van der Waals surface area contributed by atoms with Gasteiger partial charge in [0.15, 0.2) is 12.4 Å². The molecule has 29 heavy (non-hydrogen) atoms. The third-order valence-corrected chi connectivity index (χ3v) is 5.41. The highest BCUT2D eigenvalue weighted by Crippen LogP contribution is 2.26. The van der Waals surface area contributed by atoms with Gasteiger partial charge in [-0.2, -0.15) is 0 Å². The molecule has 0 aliphatic carbocycles. The second kappa shape index (κ2) is 8.47. The van der Waals surface area contributed by atoms with Crippen LogP contribution in [0.5, 0.6) is 5.75 Å². The molecule has 6 heteroatoms. The zero-order valence-electron chi connectivity index (χ0n) is 16.1. The van der Waals surface area contributed by atoms with E-state index in [1.807, 2.05) is 6.07 Å². The van der Waals surface area contributed by atoms with Crippen LogP contribution in [0.25, 0.3) is 0 Å². The van der Waals surface area contributed by atoms with Crippen LogP contribution in [-0.4, -0.2) is 48.4 Å². The van der Waals surface area contributed by atoms with Crippen LogP contribution < -0.4 is 4.74 Å². The fourth-order valence-corrected chi connectivity index (χ4v) is 3.84. The normalized spacial score (nSPS) is 17.9. The number of likely N-dealkylation sites (tertiary alicyclic amines) is 1. The van der Waals surface area contributed by atoms with Crippen LogP contribution >= 0.6 is 0 Å². The van der Waals surface area contributed by atoms with Crippen molar-refractivity contribution in [2.45, 2.75) is 31.7 Å². The van der Waals surface area contributed by atoms with Crippen molar-refractivity contribution in [2.24, 2.45) is 0 Å². The molecular weight excluding hydrogens is 370 g/mol. The van der Waals surface area contributed by atoms with Crippen molar-refractivity contribution < 1.29 is 23.9 Å². The Kier molecular flexibility index (Phi) is 5.60. The summed E-state index contributed by atoms with van der Waals surface area (Å²) in [5, 5.41) is 0. The SMILES string of the molecule is O=C(COC(=O)C1CCCCN1C(=O)c1ccccc1)c1ccc2c(c1)CCO2. The number of fused-ring (bicyclic) bond motifs is 1. The summed E-state index contributed by atoms with van der Waals surface area (Å²) >= 11 is 0. The van der Waals surface area contributed by atoms with Crippen molar-refractivity contribution in [3.8, 4) is 5.75 Å². The number of benzene rings is 2. The van der Waals surface area contributed by atoms with Gasteiger partial charge in [0.1, 0.15) is 11.8 Å². The largest absolute Gasteiger partial charge is 0.493 e. The number of carbonyl (C=O) groups is 3. The van der Waals surface area contributed by atoms with Gasteiger partial charge in [-0.3, -0.25) is 9.59 Å². The molecule has 0 bridgehead atoms. The van der Waals surface area contributed by atoms with Gasteiger partial charge < -0.3 is 14.4 Å². The fraction of sp³-hybridized carbons (Fsp3) is 0.348. The highest BCUT2D eigenvalue weighted by molar-refractivity contribution is 5.99. The van der Waals surface area contributed by atoms with Crippen LogP contribution in [0.1, 0.15) is 45.5 Å². The number of piperidine rings is 1. The Morgan fingerprint density at radius 1 is 1.03 bits per heavy atom. The van der Waals surface area contributed by atoms with E-state index in [1.54, 1.807) is 47.4 Å². The Balaban J connectivity index is 1.40. The molecule has 1 unspecified atom stereocenters. The Bertz CT molecular complexity index is 924. The smallest absolute Gasteiger partial charge is 0.329 e. The molecular formula is C23H23NO5. The molecule has 4 rings (SSSR count). The number of hydrogen-bond acceptors (Lipinski definition) is 5. The second-order valence-electron chi connectivity index (χ2n) is 7.33. The van der Waals surface area contributed by atoms with E-state index in [0.717, 1.165) is 30.6 Å². The van der Waals surface area contributed by atoms with E-state index in [1.165, 1.54) is 0 Å². The van der Waals surface area contributed by atoms with Gasteiger partial charge in [0.2, 0.25) is 0 Å². The molecule has 1 amide bonds. The molecule has 2 aromatic carbocycles. The number of Topliss-reactive ketones (excluding diaryl/α,β-unsaturated/α-hetero) is 1. The standard InChI is InChI=1S/C23H23NO5/c25-20(17-9-10-21-18(14-17)11-13-28-21)15-29-23(27)19-8-4-5-12-24(19)22(26)16-6-2-1-3-7-16/h1-3,6-7,9-10,14,19H,4-5,8,11-13,15H2. The lowest BCUT2D eigenvalue weighted by Gasteiger charge is -2.34.